The highest BCUT2D eigenvalue weighted by Crippen LogP contribution is 2.37. The van der Waals surface area contributed by atoms with Crippen molar-refractivity contribution in [2.24, 2.45) is 5.92 Å². The average molecular weight is 488 g/mol. The van der Waals surface area contributed by atoms with Gasteiger partial charge in [0.1, 0.15) is 5.82 Å². The summed E-state index contributed by atoms with van der Waals surface area (Å²) in [5.41, 5.74) is 2.55. The average Bonchev–Trinajstić information content (AvgIpc) is 3.14. The molecule has 0 saturated heterocycles. The van der Waals surface area contributed by atoms with E-state index >= 15 is 0 Å². The van der Waals surface area contributed by atoms with Gasteiger partial charge in [0, 0.05) is 25.5 Å². The minimum atomic E-state index is -3.51. The molecule has 11 heteroatoms. The number of anilines is 1. The molecule has 0 aliphatic carbocycles. The minimum absolute atomic E-state index is 0.113. The summed E-state index contributed by atoms with van der Waals surface area (Å²) in [6.07, 6.45) is 2.63. The van der Waals surface area contributed by atoms with Gasteiger partial charge in [0.25, 0.3) is 0 Å². The molecule has 10 nitrogen and oxygen atoms in total. The molecule has 1 atom stereocenters. The van der Waals surface area contributed by atoms with Crippen molar-refractivity contribution in [1.29, 1.82) is 0 Å². The Balaban J connectivity index is 1.81. The van der Waals surface area contributed by atoms with Crippen LogP contribution in [0.25, 0.3) is 11.0 Å². The van der Waals surface area contributed by atoms with Crippen LogP contribution in [0, 0.1) is 12.8 Å². The number of carbonyl (C=O) groups is 1. The quantitative estimate of drug-likeness (QED) is 0.521. The van der Waals surface area contributed by atoms with Crippen LogP contribution >= 0.6 is 0 Å². The summed E-state index contributed by atoms with van der Waals surface area (Å²) in [4.78, 5) is 28.2. The molecule has 3 aromatic rings. The Bertz CT molecular complexity index is 1370. The Labute approximate surface area is 198 Å². The molecule has 0 radical (unpaired) electrons. The fraction of sp³-hybridized carbons (Fsp3) is 0.478. The van der Waals surface area contributed by atoms with E-state index in [0.29, 0.717) is 46.9 Å². The summed E-state index contributed by atoms with van der Waals surface area (Å²) in [5.74, 6) is 0.960. The summed E-state index contributed by atoms with van der Waals surface area (Å²) in [7, 11) is -3.51. The van der Waals surface area contributed by atoms with Crippen LogP contribution in [0.15, 0.2) is 23.2 Å². The van der Waals surface area contributed by atoms with Gasteiger partial charge in [-0.3, -0.25) is 0 Å². The van der Waals surface area contributed by atoms with Crippen molar-refractivity contribution in [1.82, 2.24) is 19.5 Å². The zero-order valence-corrected chi connectivity index (χ0v) is 20.8. The third-order valence-corrected chi connectivity index (χ3v) is 7.22. The topological polar surface area (TPSA) is 128 Å². The van der Waals surface area contributed by atoms with Crippen molar-refractivity contribution < 1.29 is 23.1 Å². The van der Waals surface area contributed by atoms with Crippen LogP contribution in [0.3, 0.4) is 0 Å². The Hall–Kier alpha value is -3.05. The lowest BCUT2D eigenvalue weighted by molar-refractivity contribution is 0.0524. The fourth-order valence-electron chi connectivity index (χ4n) is 4.51. The van der Waals surface area contributed by atoms with Gasteiger partial charge in [-0.25, -0.2) is 28.2 Å². The molecule has 3 heterocycles. The maximum absolute atomic E-state index is 12.3. The molecular weight excluding hydrogens is 458 g/mol. The molecule has 0 spiro atoms. The molecule has 1 aromatic carbocycles. The number of aliphatic hydroxyl groups is 1. The lowest BCUT2D eigenvalue weighted by Gasteiger charge is -2.38. The van der Waals surface area contributed by atoms with Gasteiger partial charge in [0.05, 0.1) is 46.4 Å². The molecule has 0 saturated carbocycles. The van der Waals surface area contributed by atoms with E-state index in [1.807, 2.05) is 4.57 Å². The molecule has 1 N–H and O–H groups in total. The molecule has 1 aliphatic heterocycles. The van der Waals surface area contributed by atoms with Crippen molar-refractivity contribution >= 4 is 32.8 Å². The number of ether oxygens (including phenoxy) is 1. The number of aliphatic hydroxyl groups excluding tert-OH is 1. The summed E-state index contributed by atoms with van der Waals surface area (Å²) in [5, 5.41) is 9.74. The smallest absolute Gasteiger partial charge is 0.341 e. The predicted molar refractivity (Wildman–Crippen MR) is 126 cm³/mol. The molecule has 0 bridgehead atoms. The SMILES string of the molecule is CCOC(=O)c1cnc(N2CCn3c(nc4cc(CO)c(S(C)(=O)=O)cc43)C2C(C)C)nc1C. The highest BCUT2D eigenvalue weighted by molar-refractivity contribution is 7.90. The van der Waals surface area contributed by atoms with Gasteiger partial charge in [-0.15, -0.1) is 0 Å². The van der Waals surface area contributed by atoms with E-state index < -0.39 is 15.8 Å². The van der Waals surface area contributed by atoms with Gasteiger partial charge in [-0.2, -0.15) is 0 Å². The molecule has 182 valence electrons. The van der Waals surface area contributed by atoms with E-state index in [1.165, 1.54) is 6.20 Å². The number of nitrogens with zero attached hydrogens (tertiary/aromatic N) is 5. The Morgan fingerprint density at radius 1 is 1.26 bits per heavy atom. The second-order valence-corrected chi connectivity index (χ2v) is 10.8. The van der Waals surface area contributed by atoms with E-state index in [9.17, 15) is 18.3 Å². The lowest BCUT2D eigenvalue weighted by atomic mass is 10.00. The Kier molecular flexibility index (Phi) is 6.34. The van der Waals surface area contributed by atoms with E-state index in [4.69, 9.17) is 9.72 Å². The normalized spacial score (nSPS) is 16.2. The standard InChI is InChI=1S/C23H29N5O5S/c1-6-33-22(30)16-11-24-23(25-14(16)4)28-8-7-27-18-10-19(34(5,31)32)15(12-29)9-17(18)26-21(27)20(28)13(2)3/h9-11,13,20,29H,6-8,12H2,1-5H3. The molecule has 0 fully saturated rings. The maximum Gasteiger partial charge on any atom is 0.341 e. The molecule has 2 aromatic heterocycles. The van der Waals surface area contributed by atoms with Gasteiger partial charge < -0.3 is 19.3 Å². The van der Waals surface area contributed by atoms with Crippen LogP contribution in [0.1, 0.15) is 54.3 Å². The first-order valence-corrected chi connectivity index (χ1v) is 13.1. The molecule has 1 aliphatic rings. The van der Waals surface area contributed by atoms with Crippen molar-refractivity contribution in [3.8, 4) is 0 Å². The first-order valence-electron chi connectivity index (χ1n) is 11.2. The number of hydrogen-bond acceptors (Lipinski definition) is 9. The van der Waals surface area contributed by atoms with Crippen molar-refractivity contribution in [3.05, 3.63) is 41.0 Å². The molecular formula is C23H29N5O5S. The summed E-state index contributed by atoms with van der Waals surface area (Å²) in [6, 6.07) is 3.08. The van der Waals surface area contributed by atoms with Crippen LogP contribution in [-0.4, -0.2) is 58.4 Å². The summed E-state index contributed by atoms with van der Waals surface area (Å²) < 4.78 is 31.7. The van der Waals surface area contributed by atoms with Crippen molar-refractivity contribution in [2.75, 3.05) is 24.3 Å². The summed E-state index contributed by atoms with van der Waals surface area (Å²) >= 11 is 0. The third-order valence-electron chi connectivity index (χ3n) is 6.05. The van der Waals surface area contributed by atoms with Gasteiger partial charge in [-0.1, -0.05) is 13.8 Å². The van der Waals surface area contributed by atoms with E-state index in [-0.39, 0.29) is 30.1 Å². The number of aryl methyl sites for hydroxylation is 1. The number of hydrogen-bond donors (Lipinski definition) is 1. The Morgan fingerprint density at radius 3 is 2.59 bits per heavy atom. The molecule has 34 heavy (non-hydrogen) atoms. The lowest BCUT2D eigenvalue weighted by Crippen LogP contribution is -2.42. The number of carbonyl (C=O) groups excluding carboxylic acids is 1. The second kappa shape index (κ2) is 8.95. The zero-order chi connectivity index (χ0) is 24.8. The Morgan fingerprint density at radius 2 is 2.00 bits per heavy atom. The number of sulfone groups is 1. The van der Waals surface area contributed by atoms with E-state index in [0.717, 1.165) is 12.1 Å². The highest BCUT2D eigenvalue weighted by Gasteiger charge is 2.35. The zero-order valence-electron chi connectivity index (χ0n) is 19.9. The first-order chi connectivity index (χ1) is 16.1. The van der Waals surface area contributed by atoms with Gasteiger partial charge in [0.15, 0.2) is 9.84 Å². The van der Waals surface area contributed by atoms with Gasteiger partial charge >= 0.3 is 5.97 Å². The van der Waals surface area contributed by atoms with Crippen LogP contribution in [0.4, 0.5) is 5.95 Å². The van der Waals surface area contributed by atoms with E-state index in [2.05, 4.69) is 28.7 Å². The highest BCUT2D eigenvalue weighted by atomic mass is 32.2. The number of fused-ring (bicyclic) bond motifs is 3. The summed E-state index contributed by atoms with van der Waals surface area (Å²) in [6.45, 7) is 8.68. The number of benzene rings is 1. The third kappa shape index (κ3) is 4.14. The largest absolute Gasteiger partial charge is 0.462 e. The maximum atomic E-state index is 12.3. The fourth-order valence-corrected chi connectivity index (χ4v) is 5.44. The van der Waals surface area contributed by atoms with Crippen LogP contribution in [0.2, 0.25) is 0 Å². The van der Waals surface area contributed by atoms with Gasteiger partial charge in [-0.05, 0) is 37.5 Å². The second-order valence-electron chi connectivity index (χ2n) is 8.77. The van der Waals surface area contributed by atoms with Gasteiger partial charge in [0.2, 0.25) is 5.95 Å². The number of esters is 1. The number of rotatable bonds is 6. The minimum Gasteiger partial charge on any atom is -0.462 e. The first kappa shape index (κ1) is 24.1. The molecule has 4 rings (SSSR count). The van der Waals surface area contributed by atoms with Crippen molar-refractivity contribution in [3.63, 3.8) is 0 Å². The predicted octanol–water partition coefficient (Wildman–Crippen LogP) is 2.42. The number of imidazole rings is 1. The van der Waals surface area contributed by atoms with E-state index in [1.54, 1.807) is 26.0 Å². The van der Waals surface area contributed by atoms with Crippen LogP contribution in [0.5, 0.6) is 0 Å². The monoisotopic (exact) mass is 487 g/mol. The van der Waals surface area contributed by atoms with Crippen molar-refractivity contribution in [2.45, 2.75) is 51.8 Å². The van der Waals surface area contributed by atoms with Crippen LogP contribution in [-0.2, 0) is 27.7 Å². The molecule has 0 amide bonds. The van der Waals surface area contributed by atoms with Crippen LogP contribution < -0.4 is 4.90 Å². The molecule has 1 unspecified atom stereocenters. The number of aromatic nitrogens is 4.